The first-order chi connectivity index (χ1) is 10.3. The summed E-state index contributed by atoms with van der Waals surface area (Å²) in [5.74, 6) is 0.784. The van der Waals surface area contributed by atoms with E-state index in [4.69, 9.17) is 19.9 Å². The van der Waals surface area contributed by atoms with E-state index in [-0.39, 0.29) is 12.4 Å². The van der Waals surface area contributed by atoms with Crippen LogP contribution >= 0.6 is 0 Å². The zero-order chi connectivity index (χ0) is 14.7. The number of hydrogen-bond acceptors (Lipinski definition) is 5. The molecule has 2 atom stereocenters. The first kappa shape index (κ1) is 14.3. The van der Waals surface area contributed by atoms with Crippen LogP contribution < -0.4 is 10.5 Å². The van der Waals surface area contributed by atoms with Gasteiger partial charge < -0.3 is 24.9 Å². The predicted molar refractivity (Wildman–Crippen MR) is 79.1 cm³/mol. The molecule has 0 aliphatic carbocycles. The molecular formula is C15H21N3O3. The van der Waals surface area contributed by atoms with Crippen molar-refractivity contribution in [3.63, 3.8) is 0 Å². The van der Waals surface area contributed by atoms with Crippen molar-refractivity contribution in [2.24, 2.45) is 5.73 Å². The smallest absolute Gasteiger partial charge is 0.158 e. The van der Waals surface area contributed by atoms with E-state index >= 15 is 0 Å². The average molecular weight is 291 g/mol. The Kier molecular flexibility index (Phi) is 4.38. The Hall–Kier alpha value is -1.63. The van der Waals surface area contributed by atoms with E-state index in [1.165, 1.54) is 0 Å². The minimum absolute atomic E-state index is 0.173. The minimum Gasteiger partial charge on any atom is -0.496 e. The highest BCUT2D eigenvalue weighted by molar-refractivity contribution is 5.83. The van der Waals surface area contributed by atoms with Gasteiger partial charge in [0.1, 0.15) is 17.5 Å². The predicted octanol–water partition coefficient (Wildman–Crippen LogP) is 2.11. The minimum atomic E-state index is -0.230. The van der Waals surface area contributed by atoms with E-state index in [0.717, 1.165) is 48.3 Å². The summed E-state index contributed by atoms with van der Waals surface area (Å²) < 4.78 is 16.9. The van der Waals surface area contributed by atoms with Crippen LogP contribution in [0, 0.1) is 0 Å². The van der Waals surface area contributed by atoms with Crippen molar-refractivity contribution in [1.82, 2.24) is 9.97 Å². The second-order valence-electron chi connectivity index (χ2n) is 5.16. The number of rotatable bonds is 5. The highest BCUT2D eigenvalue weighted by atomic mass is 16.7. The molecule has 0 spiro atoms. The average Bonchev–Trinajstić information content (AvgIpc) is 2.97. The van der Waals surface area contributed by atoms with Crippen molar-refractivity contribution in [3.05, 3.63) is 24.0 Å². The highest BCUT2D eigenvalue weighted by Crippen LogP contribution is 2.29. The molecule has 0 bridgehead atoms. The second-order valence-corrected chi connectivity index (χ2v) is 5.16. The summed E-state index contributed by atoms with van der Waals surface area (Å²) in [5.41, 5.74) is 7.54. The molecule has 0 amide bonds. The van der Waals surface area contributed by atoms with Crippen LogP contribution in [0.25, 0.3) is 11.0 Å². The van der Waals surface area contributed by atoms with E-state index < -0.39 is 0 Å². The number of pyridine rings is 1. The number of nitrogens with zero attached hydrogens (tertiary/aromatic N) is 1. The maximum atomic E-state index is 5.98. The lowest BCUT2D eigenvalue weighted by Gasteiger charge is -2.26. The van der Waals surface area contributed by atoms with Crippen LogP contribution in [-0.4, -0.2) is 36.5 Å². The third kappa shape index (κ3) is 3.02. The lowest BCUT2D eigenvalue weighted by atomic mass is 10.2. The SMILES string of the molecule is COc1ccnc2[nH]c([C@@H](CN)O[C@@H]3CCCCO3)cc12. The normalized spacial score (nSPS) is 20.6. The van der Waals surface area contributed by atoms with Gasteiger partial charge in [-0.3, -0.25) is 0 Å². The van der Waals surface area contributed by atoms with Gasteiger partial charge in [0.2, 0.25) is 0 Å². The molecule has 0 saturated carbocycles. The fraction of sp³-hybridized carbons (Fsp3) is 0.533. The van der Waals surface area contributed by atoms with Crippen molar-refractivity contribution in [1.29, 1.82) is 0 Å². The Labute approximate surface area is 123 Å². The van der Waals surface area contributed by atoms with Gasteiger partial charge in [0.15, 0.2) is 6.29 Å². The van der Waals surface area contributed by atoms with E-state index in [1.807, 2.05) is 12.1 Å². The number of hydrogen-bond donors (Lipinski definition) is 2. The molecule has 21 heavy (non-hydrogen) atoms. The summed E-state index contributed by atoms with van der Waals surface area (Å²) in [6, 6.07) is 3.82. The van der Waals surface area contributed by atoms with Gasteiger partial charge in [0, 0.05) is 25.0 Å². The molecule has 0 aromatic carbocycles. The molecule has 0 unspecified atom stereocenters. The zero-order valence-electron chi connectivity index (χ0n) is 12.2. The molecule has 0 radical (unpaired) electrons. The van der Waals surface area contributed by atoms with E-state index in [9.17, 15) is 0 Å². The largest absolute Gasteiger partial charge is 0.496 e. The number of fused-ring (bicyclic) bond motifs is 1. The second kappa shape index (κ2) is 6.43. The highest BCUT2D eigenvalue weighted by Gasteiger charge is 2.22. The summed E-state index contributed by atoms with van der Waals surface area (Å²) in [6.45, 7) is 1.14. The molecule has 6 heteroatoms. The molecule has 1 saturated heterocycles. The Bertz CT molecular complexity index is 593. The molecule has 2 aromatic heterocycles. The Balaban J connectivity index is 1.82. The number of nitrogens with one attached hydrogen (secondary N) is 1. The molecule has 1 aliphatic heterocycles. The number of aromatic nitrogens is 2. The summed E-state index contributed by atoms with van der Waals surface area (Å²) in [6.07, 6.45) is 4.45. The molecular weight excluding hydrogens is 270 g/mol. The first-order valence-electron chi connectivity index (χ1n) is 7.30. The molecule has 3 heterocycles. The monoisotopic (exact) mass is 291 g/mol. The van der Waals surface area contributed by atoms with Crippen molar-refractivity contribution in [3.8, 4) is 5.75 Å². The zero-order valence-corrected chi connectivity index (χ0v) is 12.2. The van der Waals surface area contributed by atoms with Crippen molar-refractivity contribution in [2.75, 3.05) is 20.3 Å². The van der Waals surface area contributed by atoms with Crippen LogP contribution in [0.5, 0.6) is 5.75 Å². The van der Waals surface area contributed by atoms with Gasteiger partial charge in [-0.05, 0) is 31.4 Å². The van der Waals surface area contributed by atoms with Crippen LogP contribution in [0.15, 0.2) is 18.3 Å². The van der Waals surface area contributed by atoms with Gasteiger partial charge in [0.25, 0.3) is 0 Å². The van der Waals surface area contributed by atoms with Crippen LogP contribution in [0.4, 0.5) is 0 Å². The maximum Gasteiger partial charge on any atom is 0.158 e. The Morgan fingerprint density at radius 3 is 3.14 bits per heavy atom. The summed E-state index contributed by atoms with van der Waals surface area (Å²) in [7, 11) is 1.65. The van der Waals surface area contributed by atoms with Crippen LogP contribution in [0.1, 0.15) is 31.1 Å². The number of aromatic amines is 1. The molecule has 1 aliphatic rings. The number of ether oxygens (including phenoxy) is 3. The van der Waals surface area contributed by atoms with E-state index in [2.05, 4.69) is 9.97 Å². The van der Waals surface area contributed by atoms with Gasteiger partial charge in [-0.2, -0.15) is 0 Å². The Morgan fingerprint density at radius 2 is 2.43 bits per heavy atom. The quantitative estimate of drug-likeness (QED) is 0.881. The van der Waals surface area contributed by atoms with Gasteiger partial charge in [0.05, 0.1) is 12.5 Å². The molecule has 3 rings (SSSR count). The van der Waals surface area contributed by atoms with Crippen molar-refractivity contribution >= 4 is 11.0 Å². The van der Waals surface area contributed by atoms with Gasteiger partial charge in [-0.1, -0.05) is 0 Å². The molecule has 3 N–H and O–H groups in total. The van der Waals surface area contributed by atoms with Crippen LogP contribution in [0.2, 0.25) is 0 Å². The van der Waals surface area contributed by atoms with Crippen molar-refractivity contribution < 1.29 is 14.2 Å². The number of methoxy groups -OCH3 is 1. The summed E-state index contributed by atoms with van der Waals surface area (Å²) in [4.78, 5) is 7.57. The van der Waals surface area contributed by atoms with Crippen LogP contribution in [0.3, 0.4) is 0 Å². The standard InChI is InChI=1S/C15H21N3O3/c1-19-12-5-6-17-15-10(12)8-11(18-15)13(9-16)21-14-4-2-3-7-20-14/h5-6,8,13-14H,2-4,7,9,16H2,1H3,(H,17,18)/t13-,14-/m1/s1. The topological polar surface area (TPSA) is 82.4 Å². The molecule has 1 fully saturated rings. The maximum absolute atomic E-state index is 5.98. The first-order valence-corrected chi connectivity index (χ1v) is 7.30. The molecule has 2 aromatic rings. The molecule has 114 valence electrons. The molecule has 6 nitrogen and oxygen atoms in total. The fourth-order valence-corrected chi connectivity index (χ4v) is 2.63. The Morgan fingerprint density at radius 1 is 1.52 bits per heavy atom. The summed E-state index contributed by atoms with van der Waals surface area (Å²) in [5, 5.41) is 0.932. The fourth-order valence-electron chi connectivity index (χ4n) is 2.63. The van der Waals surface area contributed by atoms with Gasteiger partial charge in [-0.25, -0.2) is 4.98 Å². The lowest BCUT2D eigenvalue weighted by molar-refractivity contribution is -0.188. The summed E-state index contributed by atoms with van der Waals surface area (Å²) >= 11 is 0. The number of nitrogens with two attached hydrogens (primary N) is 1. The van der Waals surface area contributed by atoms with E-state index in [1.54, 1.807) is 13.3 Å². The number of H-pyrrole nitrogens is 1. The van der Waals surface area contributed by atoms with Gasteiger partial charge >= 0.3 is 0 Å². The van der Waals surface area contributed by atoms with Crippen LogP contribution in [-0.2, 0) is 9.47 Å². The van der Waals surface area contributed by atoms with Crippen molar-refractivity contribution in [2.45, 2.75) is 31.7 Å². The third-order valence-electron chi connectivity index (χ3n) is 3.75. The lowest BCUT2D eigenvalue weighted by Crippen LogP contribution is -2.27. The third-order valence-corrected chi connectivity index (χ3v) is 3.75. The van der Waals surface area contributed by atoms with E-state index in [0.29, 0.717) is 6.54 Å². The van der Waals surface area contributed by atoms with Gasteiger partial charge in [-0.15, -0.1) is 0 Å².